The van der Waals surface area contributed by atoms with Crippen LogP contribution in [-0.2, 0) is 19.1 Å². The third kappa shape index (κ3) is 2.76. The summed E-state index contributed by atoms with van der Waals surface area (Å²) in [4.78, 5) is 51.7. The number of Topliss-reactive ketones (excluding diaryl/α,β-unsaturated/α-hetero) is 1. The topological polar surface area (TPSA) is 80.8 Å². The number of ketones is 1. The van der Waals surface area contributed by atoms with Crippen molar-refractivity contribution >= 4 is 23.6 Å². The number of likely N-dealkylation sites (tertiary alicyclic amines) is 1. The van der Waals surface area contributed by atoms with Crippen molar-refractivity contribution in [1.29, 1.82) is 0 Å². The highest BCUT2D eigenvalue weighted by Crippen LogP contribution is 2.65. The lowest BCUT2D eigenvalue weighted by molar-refractivity contribution is -0.154. The van der Waals surface area contributed by atoms with E-state index in [1.54, 1.807) is 12.1 Å². The van der Waals surface area contributed by atoms with Crippen LogP contribution in [0.3, 0.4) is 0 Å². The van der Waals surface area contributed by atoms with Gasteiger partial charge in [-0.25, -0.2) is 0 Å². The average molecular weight is 393 g/mol. The Labute approximate surface area is 168 Å². The molecular weight excluding hydrogens is 370 g/mol. The SMILES string of the molecule is Cc1ccc(C(=O)[C@H](C)OC(=O)CN2C(=O)[C@@H]3[C@H]4C=C[C@@H]([C@@H]5C[C@H]45)[C@H]3C2=O)cc1. The fourth-order valence-electron chi connectivity index (χ4n) is 5.54. The second-order valence-corrected chi connectivity index (χ2v) is 8.78. The molecule has 1 heterocycles. The largest absolute Gasteiger partial charge is 0.453 e. The molecule has 6 heteroatoms. The normalized spacial score (nSPS) is 34.6. The lowest BCUT2D eigenvalue weighted by atomic mass is 9.63. The van der Waals surface area contributed by atoms with E-state index in [0.717, 1.165) is 16.9 Å². The smallest absolute Gasteiger partial charge is 0.326 e. The number of ether oxygens (including phenoxy) is 1. The monoisotopic (exact) mass is 393 g/mol. The first-order valence-electron chi connectivity index (χ1n) is 10.2. The molecule has 0 N–H and O–H groups in total. The zero-order valence-corrected chi connectivity index (χ0v) is 16.4. The highest BCUT2D eigenvalue weighted by Gasteiger charge is 2.67. The minimum absolute atomic E-state index is 0.120. The first kappa shape index (κ1) is 18.3. The number of hydrogen-bond acceptors (Lipinski definition) is 5. The van der Waals surface area contributed by atoms with Crippen LogP contribution in [0.2, 0.25) is 0 Å². The molecule has 2 amide bonds. The maximum absolute atomic E-state index is 12.9. The van der Waals surface area contributed by atoms with Crippen molar-refractivity contribution in [3.8, 4) is 0 Å². The van der Waals surface area contributed by atoms with E-state index in [2.05, 4.69) is 12.2 Å². The molecule has 1 aromatic carbocycles. The summed E-state index contributed by atoms with van der Waals surface area (Å²) in [6.07, 6.45) is 4.30. The van der Waals surface area contributed by atoms with E-state index in [-0.39, 0.29) is 41.3 Å². The summed E-state index contributed by atoms with van der Waals surface area (Å²) in [5, 5.41) is 0. The van der Waals surface area contributed by atoms with E-state index in [0.29, 0.717) is 17.4 Å². The van der Waals surface area contributed by atoms with E-state index < -0.39 is 18.6 Å². The standard InChI is InChI=1S/C23H23NO5/c1-11-3-5-13(6-4-11)21(26)12(2)29-18(25)10-24-22(27)19-14-7-8-15(17-9-16(14)17)20(19)23(24)28/h3-8,12,14-17,19-20H,9-10H2,1-2H3/t12-,14-,15-,16-,17+,19+,20+/m0/s1. The van der Waals surface area contributed by atoms with E-state index in [1.165, 1.54) is 6.92 Å². The summed E-state index contributed by atoms with van der Waals surface area (Å²) in [5.74, 6) is -0.968. The number of carbonyl (C=O) groups excluding carboxylic acids is 4. The molecule has 0 spiro atoms. The summed E-state index contributed by atoms with van der Waals surface area (Å²) in [7, 11) is 0. The van der Waals surface area contributed by atoms with E-state index >= 15 is 0 Å². The number of esters is 1. The fourth-order valence-corrected chi connectivity index (χ4v) is 5.54. The molecule has 5 aliphatic rings. The van der Waals surface area contributed by atoms with Gasteiger partial charge in [-0.05, 0) is 43.9 Å². The number of hydrogen-bond donors (Lipinski definition) is 0. The Hall–Kier alpha value is -2.76. The molecule has 150 valence electrons. The zero-order valence-electron chi connectivity index (χ0n) is 16.4. The first-order chi connectivity index (χ1) is 13.9. The highest BCUT2D eigenvalue weighted by atomic mass is 16.5. The van der Waals surface area contributed by atoms with Crippen LogP contribution in [-0.4, -0.2) is 41.1 Å². The van der Waals surface area contributed by atoms with Crippen LogP contribution in [0, 0.1) is 42.4 Å². The van der Waals surface area contributed by atoms with Gasteiger partial charge in [0.05, 0.1) is 11.8 Å². The molecule has 2 saturated carbocycles. The number of aryl methyl sites for hydroxylation is 1. The van der Waals surface area contributed by atoms with Crippen LogP contribution >= 0.6 is 0 Å². The summed E-state index contributed by atoms with van der Waals surface area (Å²) in [5.41, 5.74) is 1.48. The minimum Gasteiger partial charge on any atom is -0.453 e. The molecule has 1 aromatic rings. The maximum atomic E-state index is 12.9. The number of amides is 2. The number of imide groups is 1. The molecule has 3 fully saturated rings. The van der Waals surface area contributed by atoms with E-state index in [1.807, 2.05) is 19.1 Å². The Bertz CT molecular complexity index is 913. The van der Waals surface area contributed by atoms with E-state index in [9.17, 15) is 19.2 Å². The van der Waals surface area contributed by atoms with Gasteiger partial charge < -0.3 is 4.74 Å². The number of rotatable bonds is 5. The molecule has 6 nitrogen and oxygen atoms in total. The van der Waals surface area contributed by atoms with E-state index in [4.69, 9.17) is 4.74 Å². The van der Waals surface area contributed by atoms with Gasteiger partial charge in [0.25, 0.3) is 0 Å². The maximum Gasteiger partial charge on any atom is 0.326 e. The summed E-state index contributed by atoms with van der Waals surface area (Å²) < 4.78 is 5.26. The van der Waals surface area contributed by atoms with Crippen molar-refractivity contribution in [1.82, 2.24) is 4.90 Å². The van der Waals surface area contributed by atoms with Gasteiger partial charge >= 0.3 is 5.97 Å². The molecule has 7 atom stereocenters. The first-order valence-corrected chi connectivity index (χ1v) is 10.2. The second kappa shape index (κ2) is 6.37. The number of carbonyl (C=O) groups is 4. The fraction of sp³-hybridized carbons (Fsp3) is 0.478. The van der Waals surface area contributed by atoms with Crippen LogP contribution in [0.25, 0.3) is 0 Å². The molecule has 6 rings (SSSR count). The molecule has 1 saturated heterocycles. The molecule has 0 radical (unpaired) electrons. The molecular formula is C23H23NO5. The Morgan fingerprint density at radius 1 is 1.03 bits per heavy atom. The van der Waals surface area contributed by atoms with Gasteiger partial charge in [0.1, 0.15) is 6.54 Å². The summed E-state index contributed by atoms with van der Waals surface area (Å²) >= 11 is 0. The molecule has 2 bridgehead atoms. The van der Waals surface area contributed by atoms with Gasteiger partial charge in [0.2, 0.25) is 17.6 Å². The van der Waals surface area contributed by atoms with Crippen molar-refractivity contribution in [2.45, 2.75) is 26.4 Å². The molecule has 1 aliphatic heterocycles. The Morgan fingerprint density at radius 3 is 2.14 bits per heavy atom. The summed E-state index contributed by atoms with van der Waals surface area (Å²) in [6.45, 7) is 3.00. The highest BCUT2D eigenvalue weighted by molar-refractivity contribution is 6.08. The molecule has 29 heavy (non-hydrogen) atoms. The zero-order chi connectivity index (χ0) is 20.4. The molecule has 4 aliphatic carbocycles. The Balaban J connectivity index is 1.24. The quantitative estimate of drug-likeness (QED) is 0.331. The van der Waals surface area contributed by atoms with Crippen molar-refractivity contribution in [2.75, 3.05) is 6.54 Å². The van der Waals surface area contributed by atoms with Crippen molar-refractivity contribution < 1.29 is 23.9 Å². The minimum atomic E-state index is -0.981. The van der Waals surface area contributed by atoms with Crippen LogP contribution in [0.15, 0.2) is 36.4 Å². The lowest BCUT2D eigenvalue weighted by Gasteiger charge is -2.37. The Morgan fingerprint density at radius 2 is 1.59 bits per heavy atom. The lowest BCUT2D eigenvalue weighted by Crippen LogP contribution is -2.40. The number of nitrogens with zero attached hydrogens (tertiary/aromatic N) is 1. The van der Waals surface area contributed by atoms with Crippen LogP contribution < -0.4 is 0 Å². The number of allylic oxidation sites excluding steroid dienone is 2. The Kier molecular flexibility index (Phi) is 4.02. The predicted octanol–water partition coefficient (Wildman–Crippen LogP) is 2.16. The van der Waals surface area contributed by atoms with Gasteiger partial charge in [-0.15, -0.1) is 0 Å². The third-order valence-corrected chi connectivity index (χ3v) is 7.05. The molecule has 0 aromatic heterocycles. The van der Waals surface area contributed by atoms with Gasteiger partial charge in [-0.3, -0.25) is 24.1 Å². The second-order valence-electron chi connectivity index (χ2n) is 8.78. The van der Waals surface area contributed by atoms with Crippen molar-refractivity contribution in [3.05, 3.63) is 47.5 Å². The van der Waals surface area contributed by atoms with Gasteiger partial charge in [-0.1, -0.05) is 42.0 Å². The van der Waals surface area contributed by atoms with Crippen molar-refractivity contribution in [3.63, 3.8) is 0 Å². The van der Waals surface area contributed by atoms with Crippen LogP contribution in [0.1, 0.15) is 29.3 Å². The average Bonchev–Trinajstić information content (AvgIpc) is 3.49. The summed E-state index contributed by atoms with van der Waals surface area (Å²) in [6, 6.07) is 7.01. The molecule has 0 unspecified atom stereocenters. The van der Waals surface area contributed by atoms with Crippen LogP contribution in [0.5, 0.6) is 0 Å². The third-order valence-electron chi connectivity index (χ3n) is 7.05. The van der Waals surface area contributed by atoms with Gasteiger partial charge in [0, 0.05) is 5.56 Å². The van der Waals surface area contributed by atoms with Crippen LogP contribution in [0.4, 0.5) is 0 Å². The van der Waals surface area contributed by atoms with Gasteiger partial charge in [-0.2, -0.15) is 0 Å². The number of benzene rings is 1. The predicted molar refractivity (Wildman–Crippen MR) is 102 cm³/mol. The van der Waals surface area contributed by atoms with Crippen molar-refractivity contribution in [2.24, 2.45) is 35.5 Å². The van der Waals surface area contributed by atoms with Gasteiger partial charge in [0.15, 0.2) is 6.10 Å².